The van der Waals surface area contributed by atoms with E-state index in [0.29, 0.717) is 5.92 Å². The molecule has 1 N–H and O–H groups in total. The fraction of sp³-hybridized carbons (Fsp3) is 0.310. The van der Waals surface area contributed by atoms with Crippen molar-refractivity contribution in [3.63, 3.8) is 0 Å². The van der Waals surface area contributed by atoms with E-state index in [4.69, 9.17) is 0 Å². The van der Waals surface area contributed by atoms with Gasteiger partial charge in [-0.3, -0.25) is 9.59 Å². The van der Waals surface area contributed by atoms with Crippen LogP contribution in [0.4, 0.5) is 17.1 Å². The quantitative estimate of drug-likeness (QED) is 0.486. The van der Waals surface area contributed by atoms with Crippen molar-refractivity contribution >= 4 is 28.9 Å². The first-order valence-electron chi connectivity index (χ1n) is 12.0. The Balaban J connectivity index is 1.57. The highest BCUT2D eigenvalue weighted by atomic mass is 16.2. The molecule has 0 bridgehead atoms. The predicted octanol–water partition coefficient (Wildman–Crippen LogP) is 6.14. The lowest BCUT2D eigenvalue weighted by atomic mass is 9.90. The average Bonchev–Trinajstić information content (AvgIpc) is 2.82. The van der Waals surface area contributed by atoms with Gasteiger partial charge in [-0.05, 0) is 60.7 Å². The van der Waals surface area contributed by atoms with Crippen molar-refractivity contribution < 1.29 is 9.59 Å². The zero-order chi connectivity index (χ0) is 24.2. The van der Waals surface area contributed by atoms with Crippen molar-refractivity contribution in [2.24, 2.45) is 0 Å². The summed E-state index contributed by atoms with van der Waals surface area (Å²) in [7, 11) is 0. The molecule has 1 aliphatic rings. The molecule has 0 saturated heterocycles. The minimum Gasteiger partial charge on any atom is -0.359 e. The molecule has 3 aromatic rings. The maximum atomic E-state index is 13.0. The molecule has 2 atom stereocenters. The average molecular weight is 456 g/mol. The molecule has 0 saturated carbocycles. The van der Waals surface area contributed by atoms with Gasteiger partial charge in [0.2, 0.25) is 11.8 Å². The summed E-state index contributed by atoms with van der Waals surface area (Å²) in [5.41, 5.74) is 5.00. The van der Waals surface area contributed by atoms with Crippen molar-refractivity contribution in [2.75, 3.05) is 21.7 Å². The first kappa shape index (κ1) is 23.6. The molecule has 3 aromatic carbocycles. The van der Waals surface area contributed by atoms with Crippen molar-refractivity contribution in [1.82, 2.24) is 0 Å². The summed E-state index contributed by atoms with van der Waals surface area (Å²) >= 11 is 0. The molecule has 2 unspecified atom stereocenters. The minimum absolute atomic E-state index is 0.00856. The Bertz CT molecular complexity index is 1140. The molecule has 34 heavy (non-hydrogen) atoms. The fourth-order valence-electron chi connectivity index (χ4n) is 4.81. The summed E-state index contributed by atoms with van der Waals surface area (Å²) in [5.74, 6) is 0.409. The number of anilines is 3. The smallest absolute Gasteiger partial charge is 0.243 e. The van der Waals surface area contributed by atoms with E-state index < -0.39 is 0 Å². The van der Waals surface area contributed by atoms with Gasteiger partial charge in [-0.1, -0.05) is 62.4 Å². The first-order chi connectivity index (χ1) is 16.3. The number of benzene rings is 3. The Morgan fingerprint density at radius 2 is 1.62 bits per heavy atom. The molecular weight excluding hydrogens is 422 g/mol. The summed E-state index contributed by atoms with van der Waals surface area (Å²) < 4.78 is 0. The van der Waals surface area contributed by atoms with Crippen LogP contribution in [0.15, 0.2) is 78.9 Å². The number of fused-ring (bicyclic) bond motifs is 1. The Labute approximate surface area is 202 Å². The third-order valence-corrected chi connectivity index (χ3v) is 6.56. The Morgan fingerprint density at radius 1 is 0.971 bits per heavy atom. The van der Waals surface area contributed by atoms with Crippen LogP contribution in [0.25, 0.3) is 0 Å². The zero-order valence-electron chi connectivity index (χ0n) is 20.4. The minimum atomic E-state index is -0.0889. The Kier molecular flexibility index (Phi) is 7.01. The summed E-state index contributed by atoms with van der Waals surface area (Å²) in [4.78, 5) is 29.7. The SMILES string of the molecule is CC(=O)N(c1ccccc1)C1CC(C)N(CC(=O)Nc2ccc(C(C)C)cc2)c2ccccc21. The van der Waals surface area contributed by atoms with Gasteiger partial charge in [0.15, 0.2) is 0 Å². The van der Waals surface area contributed by atoms with Crippen molar-refractivity contribution in [2.45, 2.75) is 52.1 Å². The highest BCUT2D eigenvalue weighted by Crippen LogP contribution is 2.42. The second kappa shape index (κ2) is 10.1. The second-order valence-corrected chi connectivity index (χ2v) is 9.34. The lowest BCUT2D eigenvalue weighted by molar-refractivity contribution is -0.117. The lowest BCUT2D eigenvalue weighted by Crippen LogP contribution is -2.47. The molecule has 5 nitrogen and oxygen atoms in total. The van der Waals surface area contributed by atoms with E-state index in [2.05, 4.69) is 49.2 Å². The summed E-state index contributed by atoms with van der Waals surface area (Å²) in [6.45, 7) is 8.30. The van der Waals surface area contributed by atoms with E-state index in [1.807, 2.05) is 65.6 Å². The number of rotatable bonds is 6. The largest absolute Gasteiger partial charge is 0.359 e. The molecule has 1 heterocycles. The molecule has 5 heteroatoms. The van der Waals surface area contributed by atoms with Crippen molar-refractivity contribution in [3.05, 3.63) is 90.0 Å². The van der Waals surface area contributed by atoms with Crippen LogP contribution in [0.1, 0.15) is 57.2 Å². The molecule has 0 radical (unpaired) electrons. The molecule has 0 fully saturated rings. The highest BCUT2D eigenvalue weighted by molar-refractivity contribution is 5.95. The van der Waals surface area contributed by atoms with Gasteiger partial charge in [-0.25, -0.2) is 0 Å². The number of carbonyl (C=O) groups is 2. The number of nitrogens with one attached hydrogen (secondary N) is 1. The fourth-order valence-corrected chi connectivity index (χ4v) is 4.81. The summed E-state index contributed by atoms with van der Waals surface area (Å²) in [6, 6.07) is 25.9. The number of amides is 2. The van der Waals surface area contributed by atoms with Crippen LogP contribution in [-0.4, -0.2) is 24.4 Å². The Hall–Kier alpha value is -3.60. The molecule has 176 valence electrons. The van der Waals surface area contributed by atoms with Crippen molar-refractivity contribution in [3.8, 4) is 0 Å². The van der Waals surface area contributed by atoms with E-state index in [1.165, 1.54) is 5.56 Å². The summed E-state index contributed by atoms with van der Waals surface area (Å²) in [6.07, 6.45) is 0.738. The first-order valence-corrected chi connectivity index (χ1v) is 12.0. The normalized spacial score (nSPS) is 17.3. The number of hydrogen-bond donors (Lipinski definition) is 1. The number of hydrogen-bond acceptors (Lipinski definition) is 3. The molecule has 0 aliphatic carbocycles. The van der Waals surface area contributed by atoms with Gasteiger partial charge in [0.05, 0.1) is 12.6 Å². The maximum absolute atomic E-state index is 13.0. The van der Waals surface area contributed by atoms with Gasteiger partial charge < -0.3 is 15.1 Å². The van der Waals surface area contributed by atoms with E-state index in [1.54, 1.807) is 6.92 Å². The van der Waals surface area contributed by atoms with Crippen LogP contribution in [0, 0.1) is 0 Å². The highest BCUT2D eigenvalue weighted by Gasteiger charge is 2.35. The van der Waals surface area contributed by atoms with Crippen molar-refractivity contribution in [1.29, 1.82) is 0 Å². The van der Waals surface area contributed by atoms with Gasteiger partial charge in [-0.2, -0.15) is 0 Å². The van der Waals surface area contributed by atoms with E-state index in [9.17, 15) is 9.59 Å². The number of nitrogens with zero attached hydrogens (tertiary/aromatic N) is 2. The molecule has 2 amide bonds. The number of carbonyl (C=O) groups excluding carboxylic acids is 2. The number of para-hydroxylation sites is 2. The van der Waals surface area contributed by atoms with Gasteiger partial charge in [0.1, 0.15) is 0 Å². The molecular formula is C29H33N3O2. The van der Waals surface area contributed by atoms with Gasteiger partial charge in [0.25, 0.3) is 0 Å². The predicted molar refractivity (Wildman–Crippen MR) is 139 cm³/mol. The zero-order valence-corrected chi connectivity index (χ0v) is 20.4. The third kappa shape index (κ3) is 4.98. The van der Waals surface area contributed by atoms with Gasteiger partial charge >= 0.3 is 0 Å². The van der Waals surface area contributed by atoms with E-state index in [-0.39, 0.29) is 30.4 Å². The van der Waals surface area contributed by atoms with Crippen LogP contribution in [0.2, 0.25) is 0 Å². The third-order valence-electron chi connectivity index (χ3n) is 6.56. The van der Waals surface area contributed by atoms with E-state index in [0.717, 1.165) is 29.0 Å². The monoisotopic (exact) mass is 455 g/mol. The molecule has 0 aromatic heterocycles. The molecule has 1 aliphatic heterocycles. The van der Waals surface area contributed by atoms with E-state index >= 15 is 0 Å². The Morgan fingerprint density at radius 3 is 2.26 bits per heavy atom. The van der Waals surface area contributed by atoms with Gasteiger partial charge in [0, 0.05) is 30.0 Å². The second-order valence-electron chi connectivity index (χ2n) is 9.34. The van der Waals surface area contributed by atoms with Crippen LogP contribution in [0.5, 0.6) is 0 Å². The van der Waals surface area contributed by atoms with Crippen LogP contribution >= 0.6 is 0 Å². The summed E-state index contributed by atoms with van der Waals surface area (Å²) in [5, 5.41) is 3.04. The lowest BCUT2D eigenvalue weighted by Gasteiger charge is -2.44. The molecule has 4 rings (SSSR count). The van der Waals surface area contributed by atoms with Crippen LogP contribution < -0.4 is 15.1 Å². The molecule has 0 spiro atoms. The van der Waals surface area contributed by atoms with Crippen LogP contribution in [0.3, 0.4) is 0 Å². The van der Waals surface area contributed by atoms with Gasteiger partial charge in [-0.15, -0.1) is 0 Å². The standard InChI is InChI=1S/C29H33N3O2/c1-20(2)23-14-16-24(17-15-23)30-29(34)19-31-21(3)18-28(26-12-8-9-13-27(26)31)32(22(4)33)25-10-6-5-7-11-25/h5-17,20-21,28H,18-19H2,1-4H3,(H,30,34). The topological polar surface area (TPSA) is 52.7 Å². The van der Waals surface area contributed by atoms with Crippen LogP contribution in [-0.2, 0) is 9.59 Å². The maximum Gasteiger partial charge on any atom is 0.243 e.